The molecule has 2 saturated heterocycles. The average molecular weight is 325 g/mol. The lowest BCUT2D eigenvalue weighted by atomic mass is 9.89. The van der Waals surface area contributed by atoms with Crippen LogP contribution in [-0.2, 0) is 4.74 Å². The van der Waals surface area contributed by atoms with E-state index in [4.69, 9.17) is 4.74 Å². The highest BCUT2D eigenvalue weighted by atomic mass is 16.5. The minimum absolute atomic E-state index is 0.0909. The van der Waals surface area contributed by atoms with Gasteiger partial charge in [0, 0.05) is 44.3 Å². The Morgan fingerprint density at radius 3 is 2.96 bits per heavy atom. The molecule has 1 N–H and O–H groups in total. The Bertz CT molecular complexity index is 678. The molecule has 6 nitrogen and oxygen atoms in total. The zero-order valence-corrected chi connectivity index (χ0v) is 14.0. The van der Waals surface area contributed by atoms with Crippen LogP contribution in [-0.4, -0.2) is 46.3 Å². The second-order valence-corrected chi connectivity index (χ2v) is 6.87. The Labute approximate surface area is 142 Å². The fraction of sp³-hybridized carbons (Fsp3) is 0.500. The molecule has 0 aromatic carbocycles. The highest BCUT2D eigenvalue weighted by Gasteiger charge is 2.44. The first kappa shape index (κ1) is 15.3. The van der Waals surface area contributed by atoms with E-state index in [1.165, 1.54) is 0 Å². The van der Waals surface area contributed by atoms with E-state index in [9.17, 15) is 0 Å². The van der Waals surface area contributed by atoms with Gasteiger partial charge in [-0.15, -0.1) is 0 Å². The summed E-state index contributed by atoms with van der Waals surface area (Å²) in [6.07, 6.45) is 10.6. The summed E-state index contributed by atoms with van der Waals surface area (Å²) < 4.78 is 6.26. The number of nitrogens with zero attached hydrogens (tertiary/aromatic N) is 4. The van der Waals surface area contributed by atoms with Crippen LogP contribution in [0.1, 0.15) is 24.8 Å². The molecule has 24 heavy (non-hydrogen) atoms. The van der Waals surface area contributed by atoms with Gasteiger partial charge in [-0.3, -0.25) is 4.98 Å². The van der Waals surface area contributed by atoms with Crippen molar-refractivity contribution in [1.82, 2.24) is 15.0 Å². The van der Waals surface area contributed by atoms with E-state index in [-0.39, 0.29) is 5.60 Å². The lowest BCUT2D eigenvalue weighted by Crippen LogP contribution is -2.48. The van der Waals surface area contributed by atoms with Crippen molar-refractivity contribution in [3.05, 3.63) is 42.5 Å². The maximum atomic E-state index is 6.26. The maximum Gasteiger partial charge on any atom is 0.225 e. The zero-order valence-electron chi connectivity index (χ0n) is 14.0. The quantitative estimate of drug-likeness (QED) is 0.935. The summed E-state index contributed by atoms with van der Waals surface area (Å²) >= 11 is 0. The summed E-state index contributed by atoms with van der Waals surface area (Å²) in [5.41, 5.74) is 2.05. The van der Waals surface area contributed by atoms with Crippen molar-refractivity contribution in [2.75, 3.05) is 29.9 Å². The molecule has 0 radical (unpaired) electrons. The number of nitrogens with one attached hydrogen (secondary N) is 1. The molecule has 0 saturated carbocycles. The van der Waals surface area contributed by atoms with Crippen LogP contribution in [0.3, 0.4) is 0 Å². The normalized spacial score (nSPS) is 26.7. The average Bonchev–Trinajstić information content (AvgIpc) is 2.98. The second-order valence-electron chi connectivity index (χ2n) is 6.87. The van der Waals surface area contributed by atoms with Crippen LogP contribution in [0.4, 0.5) is 11.6 Å². The van der Waals surface area contributed by atoms with Gasteiger partial charge in [-0.2, -0.15) is 0 Å². The minimum Gasteiger partial charge on any atom is -0.379 e. The smallest absolute Gasteiger partial charge is 0.225 e. The molecular formula is C18H23N5O. The summed E-state index contributed by atoms with van der Waals surface area (Å²) in [7, 11) is 0. The van der Waals surface area contributed by atoms with Gasteiger partial charge in [-0.1, -0.05) is 0 Å². The van der Waals surface area contributed by atoms with Gasteiger partial charge in [0.1, 0.15) is 0 Å². The number of ether oxygens (including phenoxy) is 1. The van der Waals surface area contributed by atoms with Gasteiger partial charge in [-0.05, 0) is 37.5 Å². The lowest BCUT2D eigenvalue weighted by Gasteiger charge is -2.39. The van der Waals surface area contributed by atoms with Crippen LogP contribution in [0.2, 0.25) is 0 Å². The van der Waals surface area contributed by atoms with Crippen LogP contribution < -0.4 is 10.2 Å². The predicted molar refractivity (Wildman–Crippen MR) is 93.2 cm³/mol. The molecule has 2 aliphatic heterocycles. The van der Waals surface area contributed by atoms with Gasteiger partial charge in [-0.25, -0.2) is 9.97 Å². The zero-order chi connectivity index (χ0) is 16.4. The Balaban J connectivity index is 1.43. The number of rotatable bonds is 3. The molecule has 2 atom stereocenters. The molecule has 0 amide bonds. The molecular weight excluding hydrogens is 302 g/mol. The van der Waals surface area contributed by atoms with Crippen LogP contribution in [0, 0.1) is 6.92 Å². The Morgan fingerprint density at radius 2 is 2.17 bits per heavy atom. The number of anilines is 2. The van der Waals surface area contributed by atoms with Gasteiger partial charge in [0.15, 0.2) is 0 Å². The standard InChI is InChI=1S/C18H23N5O/c1-14-9-20-17(21-10-14)23-7-3-5-18(13-23)8-16(12-24-18)22-15-4-2-6-19-11-15/h2,4,6,9-11,16,22H,3,5,7-8,12-13H2,1H3. The Hall–Kier alpha value is -2.21. The molecule has 6 heteroatoms. The van der Waals surface area contributed by atoms with Crippen molar-refractivity contribution in [2.45, 2.75) is 37.8 Å². The number of aryl methyl sites for hydroxylation is 1. The first-order valence-corrected chi connectivity index (χ1v) is 8.57. The minimum atomic E-state index is -0.0909. The largest absolute Gasteiger partial charge is 0.379 e. The topological polar surface area (TPSA) is 63.2 Å². The summed E-state index contributed by atoms with van der Waals surface area (Å²) in [5, 5.41) is 3.54. The van der Waals surface area contributed by atoms with Crippen molar-refractivity contribution in [1.29, 1.82) is 0 Å². The van der Waals surface area contributed by atoms with Crippen molar-refractivity contribution < 1.29 is 4.74 Å². The summed E-state index contributed by atoms with van der Waals surface area (Å²) in [5.74, 6) is 0.812. The number of aromatic nitrogens is 3. The summed E-state index contributed by atoms with van der Waals surface area (Å²) in [4.78, 5) is 15.4. The van der Waals surface area contributed by atoms with E-state index in [1.54, 1.807) is 6.20 Å². The third-order valence-corrected chi connectivity index (χ3v) is 4.83. The van der Waals surface area contributed by atoms with E-state index in [0.717, 1.165) is 56.2 Å². The van der Waals surface area contributed by atoms with Gasteiger partial charge < -0.3 is 15.0 Å². The Kier molecular flexibility index (Phi) is 4.06. The molecule has 126 valence electrons. The number of pyridine rings is 1. The summed E-state index contributed by atoms with van der Waals surface area (Å²) in [6.45, 7) is 4.60. The van der Waals surface area contributed by atoms with Crippen molar-refractivity contribution in [3.63, 3.8) is 0 Å². The van der Waals surface area contributed by atoms with E-state index in [0.29, 0.717) is 6.04 Å². The molecule has 2 unspecified atom stereocenters. The van der Waals surface area contributed by atoms with E-state index >= 15 is 0 Å². The monoisotopic (exact) mass is 325 g/mol. The molecule has 2 aromatic rings. The second kappa shape index (κ2) is 6.36. The highest BCUT2D eigenvalue weighted by Crippen LogP contribution is 2.36. The molecule has 4 heterocycles. The van der Waals surface area contributed by atoms with Gasteiger partial charge in [0.25, 0.3) is 0 Å². The molecule has 2 aromatic heterocycles. The molecule has 2 fully saturated rings. The van der Waals surface area contributed by atoms with Gasteiger partial charge >= 0.3 is 0 Å². The predicted octanol–water partition coefficient (Wildman–Crippen LogP) is 2.42. The van der Waals surface area contributed by atoms with E-state index in [2.05, 4.69) is 25.2 Å². The fourth-order valence-corrected chi connectivity index (χ4v) is 3.72. The van der Waals surface area contributed by atoms with Crippen molar-refractivity contribution in [2.24, 2.45) is 0 Å². The number of hydrogen-bond donors (Lipinski definition) is 1. The lowest BCUT2D eigenvalue weighted by molar-refractivity contribution is -0.00668. The highest BCUT2D eigenvalue weighted by molar-refractivity contribution is 5.41. The molecule has 0 bridgehead atoms. The van der Waals surface area contributed by atoms with Crippen molar-refractivity contribution in [3.8, 4) is 0 Å². The molecule has 1 spiro atoms. The Morgan fingerprint density at radius 1 is 1.29 bits per heavy atom. The van der Waals surface area contributed by atoms with Gasteiger partial charge in [0.05, 0.1) is 23.9 Å². The molecule has 4 rings (SSSR count). The van der Waals surface area contributed by atoms with Gasteiger partial charge in [0.2, 0.25) is 5.95 Å². The van der Waals surface area contributed by atoms with E-state index < -0.39 is 0 Å². The maximum absolute atomic E-state index is 6.26. The van der Waals surface area contributed by atoms with Crippen LogP contribution in [0.15, 0.2) is 36.9 Å². The molecule has 2 aliphatic rings. The first-order chi connectivity index (χ1) is 11.7. The van der Waals surface area contributed by atoms with Crippen molar-refractivity contribution >= 4 is 11.6 Å². The number of hydrogen-bond acceptors (Lipinski definition) is 6. The van der Waals surface area contributed by atoms with E-state index in [1.807, 2.05) is 37.6 Å². The SMILES string of the molecule is Cc1cnc(N2CCCC3(CC(Nc4cccnc4)CO3)C2)nc1. The van der Waals surface area contributed by atoms with Crippen LogP contribution in [0.25, 0.3) is 0 Å². The van der Waals surface area contributed by atoms with Crippen LogP contribution in [0.5, 0.6) is 0 Å². The third kappa shape index (κ3) is 3.19. The van der Waals surface area contributed by atoms with Crippen LogP contribution >= 0.6 is 0 Å². The fourth-order valence-electron chi connectivity index (χ4n) is 3.72. The number of piperidine rings is 1. The summed E-state index contributed by atoms with van der Waals surface area (Å²) in [6, 6.07) is 4.32. The third-order valence-electron chi connectivity index (χ3n) is 4.83. The first-order valence-electron chi connectivity index (χ1n) is 8.57. The molecule has 0 aliphatic carbocycles.